The number of anilines is 2. The molecule has 0 radical (unpaired) electrons. The molecular formula is C22H21N3O2. The molecule has 0 fully saturated rings. The van der Waals surface area contributed by atoms with Gasteiger partial charge in [0.15, 0.2) is 5.78 Å². The number of carbonyl (C=O) groups excluding carboxylic acids is 2. The Labute approximate surface area is 158 Å². The Morgan fingerprint density at radius 3 is 2.48 bits per heavy atom. The van der Waals surface area contributed by atoms with Crippen molar-refractivity contribution >= 4 is 23.1 Å². The third-order valence-electron chi connectivity index (χ3n) is 4.26. The highest BCUT2D eigenvalue weighted by Gasteiger charge is 2.08. The largest absolute Gasteiger partial charge is 0.354 e. The standard InChI is InChI=1S/C22H21N3O2/c1-15-6-3-4-7-18(15)13-24-22(27)19-11-21(14-23-12-19)25-20-9-5-8-17(10-20)16(2)26/h3-12,14,25H,13H2,1-2H3,(H,24,27). The van der Waals surface area contributed by atoms with Crippen LogP contribution in [0.5, 0.6) is 0 Å². The number of nitrogens with zero attached hydrogens (tertiary/aromatic N) is 1. The van der Waals surface area contributed by atoms with Crippen LogP contribution in [0.15, 0.2) is 67.0 Å². The number of pyridine rings is 1. The molecule has 0 spiro atoms. The number of hydrogen-bond acceptors (Lipinski definition) is 4. The van der Waals surface area contributed by atoms with Crippen LogP contribution in [0, 0.1) is 6.92 Å². The van der Waals surface area contributed by atoms with E-state index in [0.29, 0.717) is 23.4 Å². The van der Waals surface area contributed by atoms with Crippen LogP contribution in [0.3, 0.4) is 0 Å². The van der Waals surface area contributed by atoms with Crippen molar-refractivity contribution in [3.8, 4) is 0 Å². The van der Waals surface area contributed by atoms with Gasteiger partial charge in [-0.05, 0) is 43.2 Å². The molecule has 3 rings (SSSR count). The molecule has 2 aromatic carbocycles. The Hall–Kier alpha value is -3.47. The quantitative estimate of drug-likeness (QED) is 0.645. The summed E-state index contributed by atoms with van der Waals surface area (Å²) in [5, 5.41) is 6.10. The van der Waals surface area contributed by atoms with E-state index >= 15 is 0 Å². The monoisotopic (exact) mass is 359 g/mol. The summed E-state index contributed by atoms with van der Waals surface area (Å²) in [7, 11) is 0. The van der Waals surface area contributed by atoms with E-state index in [-0.39, 0.29) is 11.7 Å². The third-order valence-corrected chi connectivity index (χ3v) is 4.26. The second-order valence-electron chi connectivity index (χ2n) is 6.33. The molecule has 3 aromatic rings. The van der Waals surface area contributed by atoms with E-state index in [1.54, 1.807) is 24.4 Å². The van der Waals surface area contributed by atoms with Crippen LogP contribution >= 0.6 is 0 Å². The van der Waals surface area contributed by atoms with E-state index in [2.05, 4.69) is 15.6 Å². The van der Waals surface area contributed by atoms with Gasteiger partial charge in [0.25, 0.3) is 5.91 Å². The zero-order valence-corrected chi connectivity index (χ0v) is 15.3. The molecule has 0 bridgehead atoms. The lowest BCUT2D eigenvalue weighted by Gasteiger charge is -2.10. The second kappa shape index (κ2) is 8.27. The lowest BCUT2D eigenvalue weighted by atomic mass is 10.1. The molecule has 136 valence electrons. The molecule has 0 atom stereocenters. The van der Waals surface area contributed by atoms with E-state index < -0.39 is 0 Å². The number of benzene rings is 2. The highest BCUT2D eigenvalue weighted by atomic mass is 16.1. The van der Waals surface area contributed by atoms with Crippen molar-refractivity contribution in [3.63, 3.8) is 0 Å². The number of carbonyl (C=O) groups is 2. The topological polar surface area (TPSA) is 71.1 Å². The molecule has 0 aliphatic heterocycles. The van der Waals surface area contributed by atoms with E-state index in [0.717, 1.165) is 16.8 Å². The number of rotatable bonds is 6. The molecule has 1 aromatic heterocycles. The van der Waals surface area contributed by atoms with E-state index in [9.17, 15) is 9.59 Å². The van der Waals surface area contributed by atoms with Gasteiger partial charge < -0.3 is 10.6 Å². The molecule has 0 aliphatic rings. The van der Waals surface area contributed by atoms with Gasteiger partial charge in [-0.25, -0.2) is 0 Å². The molecule has 2 N–H and O–H groups in total. The smallest absolute Gasteiger partial charge is 0.253 e. The van der Waals surface area contributed by atoms with Crippen molar-refractivity contribution in [1.29, 1.82) is 0 Å². The maximum Gasteiger partial charge on any atom is 0.253 e. The Bertz CT molecular complexity index is 983. The van der Waals surface area contributed by atoms with Crippen LogP contribution < -0.4 is 10.6 Å². The molecular weight excluding hydrogens is 338 g/mol. The van der Waals surface area contributed by atoms with Crippen LogP contribution in [-0.4, -0.2) is 16.7 Å². The van der Waals surface area contributed by atoms with Crippen molar-refractivity contribution in [1.82, 2.24) is 10.3 Å². The molecule has 0 aliphatic carbocycles. The summed E-state index contributed by atoms with van der Waals surface area (Å²) in [6, 6.07) is 16.9. The molecule has 27 heavy (non-hydrogen) atoms. The molecule has 5 heteroatoms. The Morgan fingerprint density at radius 2 is 1.70 bits per heavy atom. The first kappa shape index (κ1) is 18.3. The predicted octanol–water partition coefficient (Wildman–Crippen LogP) is 4.27. The average Bonchev–Trinajstić information content (AvgIpc) is 2.67. The van der Waals surface area contributed by atoms with Gasteiger partial charge in [-0.3, -0.25) is 14.6 Å². The minimum absolute atomic E-state index is 0.00103. The highest BCUT2D eigenvalue weighted by molar-refractivity contribution is 5.96. The summed E-state index contributed by atoms with van der Waals surface area (Å²) in [6.45, 7) is 4.01. The van der Waals surface area contributed by atoms with Gasteiger partial charge in [0, 0.05) is 24.0 Å². The van der Waals surface area contributed by atoms with Gasteiger partial charge in [-0.2, -0.15) is 0 Å². The molecule has 1 amide bonds. The maximum atomic E-state index is 12.5. The first-order valence-corrected chi connectivity index (χ1v) is 8.69. The summed E-state index contributed by atoms with van der Waals surface area (Å²) < 4.78 is 0. The van der Waals surface area contributed by atoms with Crippen LogP contribution in [0.25, 0.3) is 0 Å². The Kier molecular flexibility index (Phi) is 5.61. The van der Waals surface area contributed by atoms with Crippen molar-refractivity contribution < 1.29 is 9.59 Å². The minimum Gasteiger partial charge on any atom is -0.354 e. The zero-order valence-electron chi connectivity index (χ0n) is 15.3. The summed E-state index contributed by atoms with van der Waals surface area (Å²) in [5.41, 5.74) is 4.75. The number of nitrogens with one attached hydrogen (secondary N) is 2. The number of Topliss-reactive ketones (excluding diaryl/α,β-unsaturated/α-hetero) is 1. The van der Waals surface area contributed by atoms with Crippen molar-refractivity contribution in [2.45, 2.75) is 20.4 Å². The fourth-order valence-corrected chi connectivity index (χ4v) is 2.70. The number of amides is 1. The first-order valence-electron chi connectivity index (χ1n) is 8.69. The lowest BCUT2D eigenvalue weighted by Crippen LogP contribution is -2.23. The molecule has 1 heterocycles. The fraction of sp³-hybridized carbons (Fsp3) is 0.136. The van der Waals surface area contributed by atoms with Gasteiger partial charge in [0.05, 0.1) is 17.4 Å². The molecule has 0 saturated carbocycles. The van der Waals surface area contributed by atoms with Crippen LogP contribution in [0.4, 0.5) is 11.4 Å². The predicted molar refractivity (Wildman–Crippen MR) is 106 cm³/mol. The molecule has 0 saturated heterocycles. The molecule has 5 nitrogen and oxygen atoms in total. The van der Waals surface area contributed by atoms with Crippen molar-refractivity contribution in [2.24, 2.45) is 0 Å². The zero-order chi connectivity index (χ0) is 19.2. The molecule has 0 unspecified atom stereocenters. The number of hydrogen-bond donors (Lipinski definition) is 2. The average molecular weight is 359 g/mol. The normalized spacial score (nSPS) is 10.3. The van der Waals surface area contributed by atoms with E-state index in [4.69, 9.17) is 0 Å². The van der Waals surface area contributed by atoms with E-state index in [1.165, 1.54) is 13.1 Å². The van der Waals surface area contributed by atoms with Crippen LogP contribution in [-0.2, 0) is 6.54 Å². The van der Waals surface area contributed by atoms with Gasteiger partial charge in [0.1, 0.15) is 0 Å². The SMILES string of the molecule is CC(=O)c1cccc(Nc2cncc(C(=O)NCc3ccccc3C)c2)c1. The number of aromatic nitrogens is 1. The summed E-state index contributed by atoms with van der Waals surface area (Å²) in [6.07, 6.45) is 3.17. The van der Waals surface area contributed by atoms with Gasteiger partial charge >= 0.3 is 0 Å². The summed E-state index contributed by atoms with van der Waals surface area (Å²) in [4.78, 5) is 28.1. The van der Waals surface area contributed by atoms with E-state index in [1.807, 2.05) is 43.3 Å². The highest BCUT2D eigenvalue weighted by Crippen LogP contribution is 2.18. The number of ketones is 1. The number of aryl methyl sites for hydroxylation is 1. The van der Waals surface area contributed by atoms with Gasteiger partial charge in [-0.15, -0.1) is 0 Å². The third kappa shape index (κ3) is 4.79. The van der Waals surface area contributed by atoms with Crippen LogP contribution in [0.1, 0.15) is 38.8 Å². The first-order chi connectivity index (χ1) is 13.0. The Balaban J connectivity index is 1.69. The van der Waals surface area contributed by atoms with Gasteiger partial charge in [-0.1, -0.05) is 36.4 Å². The van der Waals surface area contributed by atoms with Crippen LogP contribution in [0.2, 0.25) is 0 Å². The summed E-state index contributed by atoms with van der Waals surface area (Å²) in [5.74, 6) is -0.187. The fourth-order valence-electron chi connectivity index (χ4n) is 2.70. The van der Waals surface area contributed by atoms with Gasteiger partial charge in [0.2, 0.25) is 0 Å². The maximum absolute atomic E-state index is 12.5. The lowest BCUT2D eigenvalue weighted by molar-refractivity contribution is 0.0949. The summed E-state index contributed by atoms with van der Waals surface area (Å²) >= 11 is 0. The minimum atomic E-state index is -0.188. The van der Waals surface area contributed by atoms with Crippen molar-refractivity contribution in [3.05, 3.63) is 89.2 Å². The Morgan fingerprint density at radius 1 is 0.926 bits per heavy atom. The van der Waals surface area contributed by atoms with Crippen molar-refractivity contribution in [2.75, 3.05) is 5.32 Å². The second-order valence-corrected chi connectivity index (χ2v) is 6.33.